The molecule has 0 radical (unpaired) electrons. The highest BCUT2D eigenvalue weighted by Crippen LogP contribution is 2.26. The highest BCUT2D eigenvalue weighted by Gasteiger charge is 2.33. The molecule has 94 valence electrons. The molecule has 2 aliphatic rings. The van der Waals surface area contributed by atoms with E-state index in [-0.39, 0.29) is 0 Å². The predicted octanol–water partition coefficient (Wildman–Crippen LogP) is 1.14. The lowest BCUT2D eigenvalue weighted by atomic mass is 10.0. The number of hydrogen-bond donors (Lipinski definition) is 1. The molecule has 0 amide bonds. The topological polar surface area (TPSA) is 33.1 Å². The Morgan fingerprint density at radius 3 is 3.06 bits per heavy atom. The quantitative estimate of drug-likeness (QED) is 0.851. The van der Waals surface area contributed by atoms with Crippen molar-refractivity contribution >= 4 is 0 Å². The first-order chi connectivity index (χ1) is 8.34. The van der Waals surface area contributed by atoms with Gasteiger partial charge in [-0.05, 0) is 38.8 Å². The van der Waals surface area contributed by atoms with E-state index in [1.54, 1.807) is 0 Å². The lowest BCUT2D eigenvalue weighted by Gasteiger charge is -2.29. The summed E-state index contributed by atoms with van der Waals surface area (Å²) >= 11 is 0. The Kier molecular flexibility index (Phi) is 3.16. The zero-order valence-corrected chi connectivity index (χ0v) is 10.6. The predicted molar refractivity (Wildman–Crippen MR) is 67.7 cm³/mol. The van der Waals surface area contributed by atoms with E-state index >= 15 is 0 Å². The summed E-state index contributed by atoms with van der Waals surface area (Å²) in [4.78, 5) is 6.85. The number of aryl methyl sites for hydroxylation is 1. The van der Waals surface area contributed by atoms with Gasteiger partial charge in [0, 0.05) is 31.9 Å². The lowest BCUT2D eigenvalue weighted by Crippen LogP contribution is -2.43. The molecule has 17 heavy (non-hydrogen) atoms. The van der Waals surface area contributed by atoms with Gasteiger partial charge in [0.25, 0.3) is 0 Å². The minimum absolute atomic E-state index is 0.728. The molecule has 3 rings (SSSR count). The van der Waals surface area contributed by atoms with Crippen LogP contribution in [-0.2, 0) is 13.6 Å². The molecule has 0 aromatic carbocycles. The van der Waals surface area contributed by atoms with E-state index < -0.39 is 0 Å². The largest absolute Gasteiger partial charge is 0.337 e. The van der Waals surface area contributed by atoms with E-state index in [9.17, 15) is 0 Å². The number of hydrogen-bond acceptors (Lipinski definition) is 3. The van der Waals surface area contributed by atoms with Crippen molar-refractivity contribution in [1.29, 1.82) is 0 Å². The van der Waals surface area contributed by atoms with Gasteiger partial charge in [0.2, 0.25) is 0 Å². The molecule has 0 aliphatic carbocycles. The fourth-order valence-electron chi connectivity index (χ4n) is 3.29. The van der Waals surface area contributed by atoms with Crippen LogP contribution in [0.1, 0.15) is 31.4 Å². The SMILES string of the molecule is Cn1cncc1CN1CCCC1C1CCCN1. The fraction of sp³-hybridized carbons (Fsp3) is 0.769. The molecule has 3 heterocycles. The van der Waals surface area contributed by atoms with Gasteiger partial charge in [-0.3, -0.25) is 4.90 Å². The molecule has 0 bridgehead atoms. The summed E-state index contributed by atoms with van der Waals surface area (Å²) in [5, 5.41) is 3.66. The van der Waals surface area contributed by atoms with Gasteiger partial charge in [-0.25, -0.2) is 4.98 Å². The van der Waals surface area contributed by atoms with Crippen molar-refractivity contribution in [2.45, 2.75) is 44.3 Å². The molecule has 0 spiro atoms. The van der Waals surface area contributed by atoms with Crippen molar-refractivity contribution in [1.82, 2.24) is 19.8 Å². The maximum absolute atomic E-state index is 4.21. The zero-order valence-electron chi connectivity index (χ0n) is 10.6. The number of aromatic nitrogens is 2. The second kappa shape index (κ2) is 4.78. The first kappa shape index (κ1) is 11.2. The number of nitrogens with one attached hydrogen (secondary N) is 1. The third kappa shape index (κ3) is 2.24. The first-order valence-electron chi connectivity index (χ1n) is 6.77. The highest BCUT2D eigenvalue weighted by atomic mass is 15.2. The van der Waals surface area contributed by atoms with Gasteiger partial charge < -0.3 is 9.88 Å². The van der Waals surface area contributed by atoms with Crippen LogP contribution in [0.4, 0.5) is 0 Å². The molecule has 2 atom stereocenters. The van der Waals surface area contributed by atoms with Crippen molar-refractivity contribution in [2.24, 2.45) is 7.05 Å². The monoisotopic (exact) mass is 234 g/mol. The van der Waals surface area contributed by atoms with Crippen LogP contribution in [0.15, 0.2) is 12.5 Å². The molecule has 2 saturated heterocycles. The van der Waals surface area contributed by atoms with E-state index in [1.807, 2.05) is 12.5 Å². The van der Waals surface area contributed by atoms with E-state index in [0.29, 0.717) is 0 Å². The Labute approximate surface area is 103 Å². The Bertz CT molecular complexity index is 367. The average Bonchev–Trinajstić information content (AvgIpc) is 3.02. The first-order valence-corrected chi connectivity index (χ1v) is 6.77. The van der Waals surface area contributed by atoms with Crippen LogP contribution in [0.3, 0.4) is 0 Å². The van der Waals surface area contributed by atoms with Gasteiger partial charge in [-0.15, -0.1) is 0 Å². The maximum atomic E-state index is 4.21. The van der Waals surface area contributed by atoms with E-state index in [2.05, 4.69) is 26.8 Å². The summed E-state index contributed by atoms with van der Waals surface area (Å²) < 4.78 is 2.14. The van der Waals surface area contributed by atoms with E-state index in [1.165, 1.54) is 44.5 Å². The zero-order chi connectivity index (χ0) is 11.7. The van der Waals surface area contributed by atoms with Crippen molar-refractivity contribution < 1.29 is 0 Å². The summed E-state index contributed by atoms with van der Waals surface area (Å²) in [5.41, 5.74) is 1.33. The summed E-state index contributed by atoms with van der Waals surface area (Å²) in [6, 6.07) is 1.47. The molecular formula is C13H22N4. The van der Waals surface area contributed by atoms with Gasteiger partial charge in [0.05, 0.1) is 12.0 Å². The summed E-state index contributed by atoms with van der Waals surface area (Å²) in [7, 11) is 2.08. The van der Waals surface area contributed by atoms with Crippen LogP contribution in [0.2, 0.25) is 0 Å². The van der Waals surface area contributed by atoms with Crippen LogP contribution < -0.4 is 5.32 Å². The third-order valence-electron chi connectivity index (χ3n) is 4.26. The summed E-state index contributed by atoms with van der Waals surface area (Å²) in [6.45, 7) is 3.51. The van der Waals surface area contributed by atoms with Crippen molar-refractivity contribution in [3.8, 4) is 0 Å². The molecule has 0 saturated carbocycles. The number of nitrogens with zero attached hydrogens (tertiary/aromatic N) is 3. The minimum Gasteiger partial charge on any atom is -0.337 e. The fourth-order valence-corrected chi connectivity index (χ4v) is 3.29. The third-order valence-corrected chi connectivity index (χ3v) is 4.26. The molecule has 1 aromatic heterocycles. The van der Waals surface area contributed by atoms with Crippen molar-refractivity contribution in [3.05, 3.63) is 18.2 Å². The Morgan fingerprint density at radius 2 is 2.35 bits per heavy atom. The van der Waals surface area contributed by atoms with Crippen molar-refractivity contribution in [3.63, 3.8) is 0 Å². The number of imidazole rings is 1. The molecule has 4 nitrogen and oxygen atoms in total. The van der Waals surface area contributed by atoms with E-state index in [4.69, 9.17) is 0 Å². The summed E-state index contributed by atoms with van der Waals surface area (Å²) in [5.74, 6) is 0. The van der Waals surface area contributed by atoms with Crippen LogP contribution >= 0.6 is 0 Å². The van der Waals surface area contributed by atoms with Crippen molar-refractivity contribution in [2.75, 3.05) is 13.1 Å². The molecule has 1 aromatic rings. The number of rotatable bonds is 3. The van der Waals surface area contributed by atoms with Gasteiger partial charge >= 0.3 is 0 Å². The standard InChI is InChI=1S/C13H22N4/c1-16-10-14-8-11(16)9-17-7-3-5-13(17)12-4-2-6-15-12/h8,10,12-13,15H,2-7,9H2,1H3. The average molecular weight is 234 g/mol. The van der Waals surface area contributed by atoms with Crippen LogP contribution in [0.5, 0.6) is 0 Å². The lowest BCUT2D eigenvalue weighted by molar-refractivity contribution is 0.203. The minimum atomic E-state index is 0.728. The van der Waals surface area contributed by atoms with Crippen LogP contribution in [-0.4, -0.2) is 39.6 Å². The van der Waals surface area contributed by atoms with Gasteiger partial charge in [0.15, 0.2) is 0 Å². The van der Waals surface area contributed by atoms with Gasteiger partial charge in [0.1, 0.15) is 0 Å². The maximum Gasteiger partial charge on any atom is 0.0945 e. The molecule has 4 heteroatoms. The second-order valence-corrected chi connectivity index (χ2v) is 5.38. The smallest absolute Gasteiger partial charge is 0.0945 e. The molecule has 1 N–H and O–H groups in total. The molecule has 2 unspecified atom stereocenters. The van der Waals surface area contributed by atoms with Gasteiger partial charge in [-0.1, -0.05) is 0 Å². The number of likely N-dealkylation sites (tertiary alicyclic amines) is 1. The van der Waals surface area contributed by atoms with E-state index in [0.717, 1.165) is 18.6 Å². The molecular weight excluding hydrogens is 212 g/mol. The normalized spacial score (nSPS) is 30.2. The van der Waals surface area contributed by atoms with Crippen LogP contribution in [0.25, 0.3) is 0 Å². The Morgan fingerprint density at radius 1 is 1.41 bits per heavy atom. The highest BCUT2D eigenvalue weighted by molar-refractivity contribution is 5.01. The van der Waals surface area contributed by atoms with Crippen LogP contribution in [0, 0.1) is 0 Å². The van der Waals surface area contributed by atoms with Gasteiger partial charge in [-0.2, -0.15) is 0 Å². The molecule has 2 fully saturated rings. The Balaban J connectivity index is 1.67. The summed E-state index contributed by atoms with van der Waals surface area (Å²) in [6.07, 6.45) is 9.30. The molecule has 2 aliphatic heterocycles. The second-order valence-electron chi connectivity index (χ2n) is 5.38. The Hall–Kier alpha value is -0.870.